The Morgan fingerprint density at radius 1 is 0.495 bits per heavy atom. The molecule has 23 N–H and O–H groups in total. The van der Waals surface area contributed by atoms with Crippen LogP contribution in [0.5, 0.6) is 0 Å². The van der Waals surface area contributed by atoms with E-state index in [1.54, 1.807) is 103 Å². The standard InChI is InChI=1S/C74H104N18O14S/c1-44(2)39-55(69(102)85-51(64(79)97)34-38-107-3)84-62(95)43-83-65(98)56(40-45-17-7-4-8-18-45)89-71(104)57(41-46-19-9-5-10-20-46)91-68(101)54(31-33-61(78)94)86-67(100)53(30-32-60(77)93)87-70(103)58(42-47-26-28-49(29-27-47)63(96)48-21-11-6-12-22-48)90-66(99)52(24-13-14-35-75)88-72(105)59-25-16-37-92(59)73(106)50(76)23-15-36-82-74(80)81/h4-12,17-22,26-29,44,50-59H,13-16,23-25,30-43,75-76H2,1-3H3,(H2,77,93)(H2,78,94)(H2,79,97)(H,83,98)(H,84,95)(H,85,102)(H,86,100)(H,87,103)(H,88,105)(H,89,104)(H,90,99)(H,91,101)(H4,80,81,82)/t50-,51-,52-,53-,54-,55-,56-,57-,58-,59-/m0/s1. The first-order valence-corrected chi connectivity index (χ1v) is 37.1. The molecule has 13 amide bonds. The van der Waals surface area contributed by atoms with E-state index in [4.69, 9.17) is 40.1 Å². The van der Waals surface area contributed by atoms with Crippen molar-refractivity contribution in [2.24, 2.45) is 51.0 Å². The molecule has 4 aromatic rings. The molecule has 10 atom stereocenters. The Kier molecular flexibility index (Phi) is 37.0. The predicted molar refractivity (Wildman–Crippen MR) is 403 cm³/mol. The first kappa shape index (κ1) is 86.8. The van der Waals surface area contributed by atoms with E-state index in [0.717, 1.165) is 0 Å². The smallest absolute Gasteiger partial charge is 0.243 e. The molecule has 0 spiro atoms. The molecule has 0 saturated carbocycles. The van der Waals surface area contributed by atoms with E-state index in [1.807, 2.05) is 20.1 Å². The van der Waals surface area contributed by atoms with Crippen molar-refractivity contribution >= 4 is 100 Å². The van der Waals surface area contributed by atoms with Crippen LogP contribution in [0.1, 0.15) is 130 Å². The largest absolute Gasteiger partial charge is 0.370 e. The molecule has 1 aliphatic rings. The fourth-order valence-corrected chi connectivity index (χ4v) is 12.3. The van der Waals surface area contributed by atoms with E-state index in [1.165, 1.54) is 28.8 Å². The molecule has 1 fully saturated rings. The lowest BCUT2D eigenvalue weighted by molar-refractivity contribution is -0.140. The molecule has 0 radical (unpaired) electrons. The summed E-state index contributed by atoms with van der Waals surface area (Å²) in [6.07, 6.45) is 1.48. The maximum absolute atomic E-state index is 15.0. The van der Waals surface area contributed by atoms with E-state index in [-0.39, 0.29) is 94.2 Å². The Balaban J connectivity index is 1.44. The van der Waals surface area contributed by atoms with Gasteiger partial charge in [0.05, 0.1) is 12.6 Å². The molecule has 1 heterocycles. The van der Waals surface area contributed by atoms with Crippen LogP contribution >= 0.6 is 11.8 Å². The van der Waals surface area contributed by atoms with Gasteiger partial charge in [-0.25, -0.2) is 0 Å². The number of primary amides is 3. The van der Waals surface area contributed by atoms with Crippen LogP contribution in [-0.2, 0) is 81.6 Å². The van der Waals surface area contributed by atoms with Crippen molar-refractivity contribution in [3.63, 3.8) is 0 Å². The van der Waals surface area contributed by atoms with Crippen LogP contribution in [0.25, 0.3) is 0 Å². The summed E-state index contributed by atoms with van der Waals surface area (Å²) >= 11 is 1.45. The van der Waals surface area contributed by atoms with Crippen molar-refractivity contribution in [2.75, 3.05) is 38.2 Å². The van der Waals surface area contributed by atoms with Crippen LogP contribution in [0.15, 0.2) is 120 Å². The molecule has 5 rings (SSSR count). The highest BCUT2D eigenvalue weighted by molar-refractivity contribution is 7.98. The number of guanidine groups is 1. The second kappa shape index (κ2) is 45.5. The quantitative estimate of drug-likeness (QED) is 0.0101. The molecule has 1 aliphatic heterocycles. The second-order valence-corrected chi connectivity index (χ2v) is 27.6. The Bertz CT molecular complexity index is 3690. The number of nitrogens with one attached hydrogen (secondary N) is 9. The molecule has 107 heavy (non-hydrogen) atoms. The third-order valence-corrected chi connectivity index (χ3v) is 18.2. The van der Waals surface area contributed by atoms with E-state index >= 15 is 4.79 Å². The number of nitrogens with two attached hydrogens (primary N) is 7. The number of carbonyl (C=O) groups excluding carboxylic acids is 14. The van der Waals surface area contributed by atoms with Crippen molar-refractivity contribution in [1.29, 1.82) is 0 Å². The predicted octanol–water partition coefficient (Wildman–Crippen LogP) is -1.74. The van der Waals surface area contributed by atoms with Gasteiger partial charge in [0.2, 0.25) is 76.8 Å². The zero-order valence-electron chi connectivity index (χ0n) is 60.7. The van der Waals surface area contributed by atoms with Gasteiger partial charge in [-0.3, -0.25) is 72.1 Å². The van der Waals surface area contributed by atoms with Crippen molar-refractivity contribution in [2.45, 2.75) is 177 Å². The lowest BCUT2D eigenvalue weighted by atomic mass is 9.98. The number of hydrogen-bond acceptors (Lipinski definition) is 18. The van der Waals surface area contributed by atoms with Crippen LogP contribution < -0.4 is 88.0 Å². The summed E-state index contributed by atoms with van der Waals surface area (Å²) < 4.78 is 0. The van der Waals surface area contributed by atoms with Gasteiger partial charge in [-0.15, -0.1) is 0 Å². The maximum Gasteiger partial charge on any atom is 0.243 e. The van der Waals surface area contributed by atoms with Crippen LogP contribution in [0.2, 0.25) is 0 Å². The molecule has 4 aromatic carbocycles. The number of amides is 13. The highest BCUT2D eigenvalue weighted by Crippen LogP contribution is 2.21. The maximum atomic E-state index is 15.0. The number of hydrogen-bond donors (Lipinski definition) is 16. The Morgan fingerprint density at radius 2 is 0.944 bits per heavy atom. The van der Waals surface area contributed by atoms with Crippen molar-refractivity contribution in [3.8, 4) is 0 Å². The monoisotopic (exact) mass is 1500 g/mol. The van der Waals surface area contributed by atoms with Gasteiger partial charge >= 0.3 is 0 Å². The van der Waals surface area contributed by atoms with E-state index in [0.29, 0.717) is 53.7 Å². The lowest BCUT2D eigenvalue weighted by Gasteiger charge is -2.29. The highest BCUT2D eigenvalue weighted by Gasteiger charge is 2.39. The Hall–Kier alpha value is -10.8. The van der Waals surface area contributed by atoms with Gasteiger partial charge in [0.15, 0.2) is 11.7 Å². The molecule has 0 bridgehead atoms. The normalized spacial score (nSPS) is 15.0. The first-order valence-electron chi connectivity index (χ1n) is 35.7. The number of nitrogens with zero attached hydrogens (tertiary/aromatic N) is 2. The van der Waals surface area contributed by atoms with Gasteiger partial charge in [0.1, 0.15) is 54.4 Å². The van der Waals surface area contributed by atoms with Gasteiger partial charge < -0.3 is 92.9 Å². The molecule has 33 heteroatoms. The Morgan fingerprint density at radius 3 is 1.42 bits per heavy atom. The van der Waals surface area contributed by atoms with E-state index < -0.39 is 169 Å². The van der Waals surface area contributed by atoms with Crippen LogP contribution in [-0.4, -0.2) is 192 Å². The van der Waals surface area contributed by atoms with Gasteiger partial charge in [0.25, 0.3) is 0 Å². The first-order chi connectivity index (χ1) is 51.1. The van der Waals surface area contributed by atoms with Gasteiger partial charge in [-0.1, -0.05) is 129 Å². The molecule has 32 nitrogen and oxygen atoms in total. The molecular formula is C74H104N18O14S. The Labute approximate surface area is 626 Å². The topological polar surface area (TPSA) is 545 Å². The fourth-order valence-electron chi connectivity index (χ4n) is 11.8. The average molecular weight is 1500 g/mol. The summed E-state index contributed by atoms with van der Waals surface area (Å²) in [5, 5.41) is 23.8. The average Bonchev–Trinajstić information content (AvgIpc) is 1.70. The molecule has 0 aromatic heterocycles. The van der Waals surface area contributed by atoms with E-state index in [2.05, 4.69) is 52.8 Å². The number of aliphatic imine (C=N–C) groups is 1. The summed E-state index contributed by atoms with van der Waals surface area (Å²) in [4.78, 5) is 200. The van der Waals surface area contributed by atoms with E-state index in [9.17, 15) is 62.3 Å². The highest BCUT2D eigenvalue weighted by atomic mass is 32.2. The van der Waals surface area contributed by atoms with Gasteiger partial charge in [0, 0.05) is 56.3 Å². The van der Waals surface area contributed by atoms with Gasteiger partial charge in [-0.2, -0.15) is 11.8 Å². The zero-order chi connectivity index (χ0) is 78.5. The molecular weight excluding hydrogens is 1400 g/mol. The second-order valence-electron chi connectivity index (χ2n) is 26.6. The minimum absolute atomic E-state index is 0.00537. The third kappa shape index (κ3) is 30.7. The number of likely N-dealkylation sites (tertiary alicyclic amines) is 1. The SMILES string of the molecule is CSCC[C@H](NC(=O)[C@H](CC(C)C)NC(=O)CNC(=O)[C@H](Cc1ccccc1)NC(=O)[C@H](Cc1ccccc1)NC(=O)[C@H](CCC(N)=O)NC(=O)[C@H](CCC(N)=O)NC(=O)[C@H](Cc1ccc(C(=O)c2ccccc2)cc1)NC(=O)[C@H](CCCCN)NC(=O)[C@@H]1CCCN1C(=O)[C@@H](N)CCCN=C(N)N)C(N)=O. The van der Waals surface area contributed by atoms with Crippen molar-refractivity contribution < 1.29 is 67.1 Å². The fraction of sp³-hybridized carbons (Fsp3) is 0.473. The number of carbonyl (C=O) groups is 14. The molecule has 0 aliphatic carbocycles. The van der Waals surface area contributed by atoms with Crippen molar-refractivity contribution in [1.82, 2.24) is 52.8 Å². The number of rotatable bonds is 47. The summed E-state index contributed by atoms with van der Waals surface area (Å²) in [7, 11) is 0. The summed E-state index contributed by atoms with van der Waals surface area (Å²) in [6, 6.07) is 17.9. The van der Waals surface area contributed by atoms with Crippen LogP contribution in [0.4, 0.5) is 0 Å². The van der Waals surface area contributed by atoms with Crippen molar-refractivity contribution in [3.05, 3.63) is 143 Å². The summed E-state index contributed by atoms with van der Waals surface area (Å²) in [6.45, 7) is 3.61. The minimum atomic E-state index is -1.74. The van der Waals surface area contributed by atoms with Crippen LogP contribution in [0, 0.1) is 5.92 Å². The molecule has 580 valence electrons. The molecule has 0 unspecified atom stereocenters. The van der Waals surface area contributed by atoms with Gasteiger partial charge in [-0.05, 0) is 112 Å². The number of ketones is 1. The van der Waals surface area contributed by atoms with Crippen LogP contribution in [0.3, 0.4) is 0 Å². The number of unbranched alkanes of at least 4 members (excludes halogenated alkanes) is 1. The summed E-state index contributed by atoms with van der Waals surface area (Å²) in [5.41, 5.74) is 42.0. The summed E-state index contributed by atoms with van der Waals surface area (Å²) in [5.74, 6) is -11.1. The lowest BCUT2D eigenvalue weighted by Crippen LogP contribution is -2.61. The zero-order valence-corrected chi connectivity index (χ0v) is 61.5. The number of benzene rings is 4. The number of thioether (sulfide) groups is 1. The third-order valence-electron chi connectivity index (χ3n) is 17.5. The molecule has 1 saturated heterocycles. The minimum Gasteiger partial charge on any atom is -0.370 e.